The predicted molar refractivity (Wildman–Crippen MR) is 185 cm³/mol. The molecule has 1 N–H and O–H groups in total. The molecule has 2 saturated heterocycles. The average Bonchev–Trinajstić information content (AvgIpc) is 3.66. The summed E-state index contributed by atoms with van der Waals surface area (Å²) in [5.41, 5.74) is 1.58. The van der Waals surface area contributed by atoms with Crippen LogP contribution in [0, 0.1) is 23.3 Å². The van der Waals surface area contributed by atoms with Crippen molar-refractivity contribution in [2.75, 3.05) is 26.2 Å². The van der Waals surface area contributed by atoms with E-state index in [1.165, 1.54) is 72.8 Å². The summed E-state index contributed by atoms with van der Waals surface area (Å²) in [4.78, 5) is 45.0. The number of hydrogen-bond donors (Lipinski definition) is 1. The third-order valence-corrected chi connectivity index (χ3v) is 9.07. The van der Waals surface area contributed by atoms with Gasteiger partial charge in [-0.15, -0.1) is 0 Å². The Morgan fingerprint density at radius 1 is 0.673 bits per heavy atom. The number of piperidine rings is 2. The lowest BCUT2D eigenvalue weighted by molar-refractivity contribution is 0.0675. The molecule has 2 aliphatic rings. The van der Waals surface area contributed by atoms with Gasteiger partial charge in [0.05, 0.1) is 11.8 Å². The minimum Gasteiger partial charge on any atom is -0.441 e. The average molecular weight is 713 g/mol. The number of carbonyl (C=O) groups is 3. The molecular formula is C40H36F4N4O4. The summed E-state index contributed by atoms with van der Waals surface area (Å²) in [6, 6.07) is 22.5. The van der Waals surface area contributed by atoms with Crippen molar-refractivity contribution < 1.29 is 36.4 Å². The first-order chi connectivity index (χ1) is 25.1. The van der Waals surface area contributed by atoms with Gasteiger partial charge in [0.1, 0.15) is 29.0 Å². The number of likely N-dealkylation sites (tertiary alicyclic amines) is 2. The smallest absolute Gasteiger partial charge is 0.256 e. The summed E-state index contributed by atoms with van der Waals surface area (Å²) in [5, 5.41) is 2.88. The molecule has 7 rings (SSSR count). The lowest BCUT2D eigenvalue weighted by atomic mass is 9.95. The number of nitrogens with one attached hydrogen (secondary N) is 1. The van der Waals surface area contributed by atoms with Gasteiger partial charge < -0.3 is 19.5 Å². The van der Waals surface area contributed by atoms with Gasteiger partial charge in [0.2, 0.25) is 5.89 Å². The number of amides is 3. The summed E-state index contributed by atoms with van der Waals surface area (Å²) in [5.74, 6) is -1.30. The summed E-state index contributed by atoms with van der Waals surface area (Å²) >= 11 is 0. The molecule has 2 unspecified atom stereocenters. The molecular weight excluding hydrogens is 676 g/mol. The largest absolute Gasteiger partial charge is 0.441 e. The highest BCUT2D eigenvalue weighted by molar-refractivity contribution is 5.96. The van der Waals surface area contributed by atoms with Gasteiger partial charge in [0.15, 0.2) is 0 Å². The zero-order chi connectivity index (χ0) is 36.6. The molecule has 2 aliphatic heterocycles. The van der Waals surface area contributed by atoms with Crippen LogP contribution in [0.3, 0.4) is 0 Å². The van der Waals surface area contributed by atoms with E-state index < -0.39 is 11.6 Å². The maximum atomic E-state index is 13.9. The van der Waals surface area contributed by atoms with Gasteiger partial charge in [0, 0.05) is 54.8 Å². The monoisotopic (exact) mass is 712 g/mol. The molecule has 0 radical (unpaired) electrons. The van der Waals surface area contributed by atoms with Crippen LogP contribution in [-0.4, -0.2) is 64.7 Å². The van der Waals surface area contributed by atoms with Gasteiger partial charge in [-0.2, -0.15) is 0 Å². The van der Waals surface area contributed by atoms with Crippen LogP contribution in [0.4, 0.5) is 17.6 Å². The van der Waals surface area contributed by atoms with Crippen LogP contribution in [0.25, 0.3) is 11.5 Å². The van der Waals surface area contributed by atoms with Crippen LogP contribution < -0.4 is 5.32 Å². The number of rotatable bonds is 6. The molecule has 3 heterocycles. The van der Waals surface area contributed by atoms with Gasteiger partial charge in [0.25, 0.3) is 17.7 Å². The summed E-state index contributed by atoms with van der Waals surface area (Å²) in [6.07, 6.45) is 4.85. The summed E-state index contributed by atoms with van der Waals surface area (Å²) in [7, 11) is 0. The second-order valence-corrected chi connectivity index (χ2v) is 12.7. The zero-order valence-electron chi connectivity index (χ0n) is 28.1. The van der Waals surface area contributed by atoms with Crippen molar-refractivity contribution in [3.63, 3.8) is 0 Å². The molecule has 52 heavy (non-hydrogen) atoms. The van der Waals surface area contributed by atoms with Crippen LogP contribution >= 0.6 is 0 Å². The molecule has 4 aromatic carbocycles. The maximum absolute atomic E-state index is 13.9. The normalized spacial score (nSPS) is 17.2. The van der Waals surface area contributed by atoms with E-state index in [4.69, 9.17) is 4.42 Å². The van der Waals surface area contributed by atoms with E-state index in [1.54, 1.807) is 40.3 Å². The van der Waals surface area contributed by atoms with Crippen LogP contribution in [0.5, 0.6) is 0 Å². The van der Waals surface area contributed by atoms with Crippen molar-refractivity contribution in [3.05, 3.63) is 149 Å². The molecule has 3 amide bonds. The zero-order valence-corrected chi connectivity index (χ0v) is 28.1. The summed E-state index contributed by atoms with van der Waals surface area (Å²) < 4.78 is 58.8. The van der Waals surface area contributed by atoms with Gasteiger partial charge in [-0.3, -0.25) is 14.4 Å². The third-order valence-electron chi connectivity index (χ3n) is 9.07. The second kappa shape index (κ2) is 16.5. The van der Waals surface area contributed by atoms with Crippen molar-refractivity contribution in [1.29, 1.82) is 0 Å². The van der Waals surface area contributed by atoms with Crippen LogP contribution in [0.15, 0.2) is 108 Å². The molecule has 8 nitrogen and oxygen atoms in total. The quantitative estimate of drug-likeness (QED) is 0.183. The Bertz CT molecular complexity index is 2000. The Balaban J connectivity index is 0.000000179. The Hall–Kier alpha value is -5.78. The molecule has 0 spiro atoms. The first kappa shape index (κ1) is 36.0. The van der Waals surface area contributed by atoms with E-state index in [1.807, 2.05) is 0 Å². The Morgan fingerprint density at radius 2 is 1.25 bits per heavy atom. The van der Waals surface area contributed by atoms with E-state index >= 15 is 0 Å². The molecule has 0 saturated carbocycles. The summed E-state index contributed by atoms with van der Waals surface area (Å²) in [6.45, 7) is 2.02. The second-order valence-electron chi connectivity index (χ2n) is 12.7. The van der Waals surface area contributed by atoms with Crippen molar-refractivity contribution in [1.82, 2.24) is 20.1 Å². The number of hydrogen-bond acceptors (Lipinski definition) is 5. The number of aromatic nitrogens is 1. The van der Waals surface area contributed by atoms with E-state index in [0.29, 0.717) is 54.5 Å². The molecule has 0 aliphatic carbocycles. The number of carbonyl (C=O) groups excluding carboxylic acids is 3. The van der Waals surface area contributed by atoms with Crippen molar-refractivity contribution in [2.24, 2.45) is 0 Å². The minimum absolute atomic E-state index is 0.00354. The van der Waals surface area contributed by atoms with E-state index in [9.17, 15) is 31.9 Å². The number of halogens is 4. The van der Waals surface area contributed by atoms with Gasteiger partial charge in [-0.05, 0) is 111 Å². The maximum Gasteiger partial charge on any atom is 0.256 e. The van der Waals surface area contributed by atoms with Crippen LogP contribution in [0.2, 0.25) is 0 Å². The SMILES string of the molecule is O=C(NC1CCCN(C(=O)c2ccc(F)cc2)C1)c1ccc(F)cc1.O=C(c1ccccc1F)N1CCCC(c2cnc(-c3ccc(F)cc3)o2)C1. The van der Waals surface area contributed by atoms with Crippen molar-refractivity contribution >= 4 is 17.7 Å². The Morgan fingerprint density at radius 3 is 1.90 bits per heavy atom. The lowest BCUT2D eigenvalue weighted by Crippen LogP contribution is -2.49. The van der Waals surface area contributed by atoms with Crippen LogP contribution in [-0.2, 0) is 0 Å². The molecule has 12 heteroatoms. The van der Waals surface area contributed by atoms with E-state index in [0.717, 1.165) is 25.7 Å². The fourth-order valence-corrected chi connectivity index (χ4v) is 6.32. The standard InChI is InChI=1S/C21H18F2N2O2.C19H18F2N2O2/c22-16-9-7-14(8-10-16)20-24-12-19(27-20)15-4-3-11-25(13-15)21(26)17-5-1-2-6-18(17)23;20-15-7-3-13(4-8-15)18(24)22-17-2-1-11-23(12-17)19(25)14-5-9-16(21)10-6-14/h1-2,5-10,12,15H,3-4,11,13H2;3-10,17H,1-2,11-12H2,(H,22,24). The van der Waals surface area contributed by atoms with E-state index in [-0.39, 0.29) is 46.9 Å². The fraction of sp³-hybridized carbons (Fsp3) is 0.250. The highest BCUT2D eigenvalue weighted by Gasteiger charge is 2.29. The number of benzene rings is 4. The minimum atomic E-state index is -0.511. The molecule has 5 aromatic rings. The number of oxazole rings is 1. The highest BCUT2D eigenvalue weighted by atomic mass is 19.1. The fourth-order valence-electron chi connectivity index (χ4n) is 6.32. The molecule has 2 atom stereocenters. The predicted octanol–water partition coefficient (Wildman–Crippen LogP) is 7.64. The van der Waals surface area contributed by atoms with Crippen molar-refractivity contribution in [3.8, 4) is 11.5 Å². The lowest BCUT2D eigenvalue weighted by Gasteiger charge is -2.33. The Labute approximate surface area is 298 Å². The van der Waals surface area contributed by atoms with Gasteiger partial charge in [-0.25, -0.2) is 22.5 Å². The van der Waals surface area contributed by atoms with Gasteiger partial charge in [-0.1, -0.05) is 12.1 Å². The Kier molecular flexibility index (Phi) is 11.4. The van der Waals surface area contributed by atoms with Crippen LogP contribution in [0.1, 0.15) is 68.4 Å². The van der Waals surface area contributed by atoms with Gasteiger partial charge >= 0.3 is 0 Å². The highest BCUT2D eigenvalue weighted by Crippen LogP contribution is 2.31. The van der Waals surface area contributed by atoms with E-state index in [2.05, 4.69) is 10.3 Å². The topological polar surface area (TPSA) is 95.8 Å². The van der Waals surface area contributed by atoms with Crippen molar-refractivity contribution in [2.45, 2.75) is 37.6 Å². The number of nitrogens with zero attached hydrogens (tertiary/aromatic N) is 3. The third kappa shape index (κ3) is 8.92. The molecule has 0 bridgehead atoms. The molecule has 1 aromatic heterocycles. The first-order valence-electron chi connectivity index (χ1n) is 17.0. The molecule has 268 valence electrons. The first-order valence-corrected chi connectivity index (χ1v) is 17.0. The molecule has 2 fully saturated rings.